The number of amides is 3. The fourth-order valence-corrected chi connectivity index (χ4v) is 7.71. The molecule has 3 saturated heterocycles. The van der Waals surface area contributed by atoms with Crippen LogP contribution in [0.25, 0.3) is 11.0 Å². The molecule has 2 N–H and O–H groups in total. The summed E-state index contributed by atoms with van der Waals surface area (Å²) in [5, 5.41) is 20.9. The number of hydrogen-bond acceptors (Lipinski definition) is 9. The smallest absolute Gasteiger partial charge is 0.313 e. The number of nitrogens with zero attached hydrogens (tertiary/aromatic N) is 5. The zero-order valence-electron chi connectivity index (χ0n) is 28.1. The van der Waals surface area contributed by atoms with E-state index in [1.807, 2.05) is 54.6 Å². The molecule has 0 aliphatic carbocycles. The zero-order chi connectivity index (χ0) is 35.3. The maximum atomic E-state index is 14.7. The van der Waals surface area contributed by atoms with Gasteiger partial charge < -0.3 is 29.7 Å². The molecular weight excluding hydrogens is 640 g/mol. The van der Waals surface area contributed by atoms with Crippen LogP contribution in [-0.2, 0) is 35.3 Å². The number of carbonyl (C=O) groups excluding carboxylic acids is 4. The molecular formula is C37H44N6O7. The lowest BCUT2D eigenvalue weighted by molar-refractivity contribution is -0.160. The summed E-state index contributed by atoms with van der Waals surface area (Å²) in [7, 11) is 0. The molecule has 3 aromatic rings. The Labute approximate surface area is 290 Å². The predicted octanol–water partition coefficient (Wildman–Crippen LogP) is 2.92. The van der Waals surface area contributed by atoms with Crippen LogP contribution in [-0.4, -0.2) is 97.6 Å². The van der Waals surface area contributed by atoms with Crippen LogP contribution in [0.1, 0.15) is 50.2 Å². The van der Waals surface area contributed by atoms with Gasteiger partial charge in [0.15, 0.2) is 0 Å². The zero-order valence-corrected chi connectivity index (χ0v) is 28.1. The number of benzene rings is 2. The van der Waals surface area contributed by atoms with Gasteiger partial charge in [-0.25, -0.2) is 4.68 Å². The molecule has 3 fully saturated rings. The lowest BCUT2D eigenvalue weighted by atomic mass is 9.70. The molecule has 0 radical (unpaired) electrons. The van der Waals surface area contributed by atoms with Crippen molar-refractivity contribution < 1.29 is 33.8 Å². The van der Waals surface area contributed by atoms with Crippen molar-refractivity contribution in [2.45, 2.75) is 69.0 Å². The van der Waals surface area contributed by atoms with Crippen molar-refractivity contribution in [3.8, 4) is 0 Å². The highest BCUT2D eigenvalue weighted by atomic mass is 16.6. The maximum absolute atomic E-state index is 14.7. The summed E-state index contributed by atoms with van der Waals surface area (Å²) in [5.41, 5.74) is 0.884. The number of allylic oxidation sites excluding steroid dienone is 1. The molecule has 50 heavy (non-hydrogen) atoms. The van der Waals surface area contributed by atoms with Gasteiger partial charge in [-0.2, -0.15) is 0 Å². The number of aliphatic hydroxyl groups is 1. The third-order valence-corrected chi connectivity index (χ3v) is 9.99. The predicted molar refractivity (Wildman–Crippen MR) is 183 cm³/mol. The SMILES string of the molecule is C=CCCC(=O)NC[C@H](OC(=O)[C@@H]1[C@@H]2CC[C@]3(O2)[C@H](C(=O)N(CC=C)Cn2nnc4ccccc42)N(CCCCO)C(=O)[C@@H]13)c1ccccc1. The van der Waals surface area contributed by atoms with Gasteiger partial charge in [0.2, 0.25) is 17.7 Å². The molecule has 6 atom stereocenters. The van der Waals surface area contributed by atoms with Crippen LogP contribution < -0.4 is 5.32 Å². The van der Waals surface area contributed by atoms with E-state index in [0.29, 0.717) is 43.2 Å². The average Bonchev–Trinajstić information content (AvgIpc) is 3.88. The number of esters is 1. The van der Waals surface area contributed by atoms with Crippen LogP contribution in [0.5, 0.6) is 0 Å². The standard InChI is InChI=1S/C37H44N6O7/c1-3-5-17-30(45)38-23-29(25-13-7-6-8-14-25)49-36(48)31-28-18-19-37(50-28)32(31)34(46)42(21-11-12-22-44)33(37)35(47)41(20-4-2)24-43-27-16-10-9-15-26(27)39-40-43/h3-4,6-10,13-16,28-29,31-33,44H,1-2,5,11-12,17-24H2,(H,38,45)/t28-,29-,31+,32+,33-,37+/m0/s1. The van der Waals surface area contributed by atoms with Gasteiger partial charge in [0, 0.05) is 26.1 Å². The van der Waals surface area contributed by atoms with Gasteiger partial charge in [-0.3, -0.25) is 19.2 Å². The van der Waals surface area contributed by atoms with Crippen molar-refractivity contribution in [2.75, 3.05) is 26.2 Å². The normalized spacial score (nSPS) is 24.2. The molecule has 0 saturated carbocycles. The minimum Gasteiger partial charge on any atom is -0.455 e. The number of rotatable bonds is 17. The molecule has 3 aliphatic heterocycles. The van der Waals surface area contributed by atoms with Crippen molar-refractivity contribution >= 4 is 34.7 Å². The van der Waals surface area contributed by atoms with Gasteiger partial charge in [0.25, 0.3) is 0 Å². The quantitative estimate of drug-likeness (QED) is 0.124. The third kappa shape index (κ3) is 6.67. The second-order valence-corrected chi connectivity index (χ2v) is 13.1. The first-order valence-electron chi connectivity index (χ1n) is 17.2. The van der Waals surface area contributed by atoms with Gasteiger partial charge >= 0.3 is 5.97 Å². The monoisotopic (exact) mass is 684 g/mol. The van der Waals surface area contributed by atoms with Gasteiger partial charge in [0.1, 0.15) is 29.9 Å². The molecule has 13 nitrogen and oxygen atoms in total. The summed E-state index contributed by atoms with van der Waals surface area (Å²) in [4.78, 5) is 58.9. The number of aliphatic hydroxyl groups excluding tert-OH is 1. The summed E-state index contributed by atoms with van der Waals surface area (Å²) < 4.78 is 14.4. The number of aromatic nitrogens is 3. The first-order valence-corrected chi connectivity index (χ1v) is 17.2. The van der Waals surface area contributed by atoms with E-state index in [1.165, 1.54) is 4.90 Å². The molecule has 264 valence electrons. The highest BCUT2D eigenvalue weighted by molar-refractivity contribution is 5.98. The van der Waals surface area contributed by atoms with Crippen LogP contribution in [0.4, 0.5) is 0 Å². The Bertz CT molecular complexity index is 1730. The minimum absolute atomic E-state index is 0.0512. The van der Waals surface area contributed by atoms with Gasteiger partial charge in [-0.15, -0.1) is 18.3 Å². The number of hydrogen-bond donors (Lipinski definition) is 2. The Morgan fingerprint density at radius 2 is 1.90 bits per heavy atom. The minimum atomic E-state index is -1.24. The Morgan fingerprint density at radius 1 is 1.12 bits per heavy atom. The number of carbonyl (C=O) groups is 4. The maximum Gasteiger partial charge on any atom is 0.313 e. The van der Waals surface area contributed by atoms with Crippen molar-refractivity contribution in [1.29, 1.82) is 0 Å². The van der Waals surface area contributed by atoms with Crippen molar-refractivity contribution in [3.63, 3.8) is 0 Å². The van der Waals surface area contributed by atoms with E-state index < -0.39 is 41.7 Å². The summed E-state index contributed by atoms with van der Waals surface area (Å²) in [5.74, 6) is -3.37. The molecule has 4 heterocycles. The Balaban J connectivity index is 1.28. The van der Waals surface area contributed by atoms with Crippen molar-refractivity contribution in [3.05, 3.63) is 85.5 Å². The van der Waals surface area contributed by atoms with Crippen molar-refractivity contribution in [1.82, 2.24) is 30.1 Å². The summed E-state index contributed by atoms with van der Waals surface area (Å²) in [6.07, 6.45) is 4.43. The Hall–Kier alpha value is -4.88. The molecule has 0 unspecified atom stereocenters. The number of nitrogens with one attached hydrogen (secondary N) is 1. The number of likely N-dealkylation sites (tertiary alicyclic amines) is 1. The van der Waals surface area contributed by atoms with Gasteiger partial charge in [-0.1, -0.05) is 59.8 Å². The lowest BCUT2D eigenvalue weighted by Gasteiger charge is -2.36. The van der Waals surface area contributed by atoms with E-state index in [9.17, 15) is 24.3 Å². The van der Waals surface area contributed by atoms with E-state index in [0.717, 1.165) is 5.52 Å². The highest BCUT2D eigenvalue weighted by Crippen LogP contribution is 2.59. The van der Waals surface area contributed by atoms with Crippen LogP contribution in [0.15, 0.2) is 79.9 Å². The molecule has 2 bridgehead atoms. The second-order valence-electron chi connectivity index (χ2n) is 13.1. The molecule has 6 rings (SSSR count). The van der Waals surface area contributed by atoms with Crippen LogP contribution >= 0.6 is 0 Å². The molecule has 2 aromatic carbocycles. The first kappa shape index (κ1) is 35.0. The second kappa shape index (κ2) is 15.3. The van der Waals surface area contributed by atoms with Crippen LogP contribution in [0.2, 0.25) is 0 Å². The molecule has 3 aliphatic rings. The van der Waals surface area contributed by atoms with E-state index in [4.69, 9.17) is 9.47 Å². The fourth-order valence-electron chi connectivity index (χ4n) is 7.71. The summed E-state index contributed by atoms with van der Waals surface area (Å²) in [6.45, 7) is 7.97. The van der Waals surface area contributed by atoms with Crippen LogP contribution in [0, 0.1) is 11.8 Å². The van der Waals surface area contributed by atoms with Crippen LogP contribution in [0.3, 0.4) is 0 Å². The largest absolute Gasteiger partial charge is 0.455 e. The Morgan fingerprint density at radius 3 is 2.66 bits per heavy atom. The fraction of sp³-hybridized carbons (Fsp3) is 0.459. The number of fused-ring (bicyclic) bond motifs is 2. The van der Waals surface area contributed by atoms with E-state index in [2.05, 4.69) is 28.8 Å². The van der Waals surface area contributed by atoms with Gasteiger partial charge in [0.05, 0.1) is 30.0 Å². The average molecular weight is 685 g/mol. The topological polar surface area (TPSA) is 156 Å². The molecule has 3 amide bonds. The molecule has 13 heteroatoms. The first-order chi connectivity index (χ1) is 24.3. The molecule has 1 aromatic heterocycles. The third-order valence-electron chi connectivity index (χ3n) is 9.99. The van der Waals surface area contributed by atoms with Gasteiger partial charge in [-0.05, 0) is 49.8 Å². The summed E-state index contributed by atoms with van der Waals surface area (Å²) >= 11 is 0. The number of ether oxygens (including phenoxy) is 2. The van der Waals surface area contributed by atoms with E-state index in [-0.39, 0.29) is 57.1 Å². The summed E-state index contributed by atoms with van der Waals surface area (Å²) in [6, 6.07) is 15.6. The lowest BCUT2D eigenvalue weighted by Crippen LogP contribution is -2.56. The number of para-hydroxylation sites is 1. The number of unbranched alkanes of at least 4 members (excludes halogenated alkanes) is 1. The Kier molecular flexibility index (Phi) is 10.7. The molecule has 1 spiro atoms. The highest BCUT2D eigenvalue weighted by Gasteiger charge is 2.75. The van der Waals surface area contributed by atoms with E-state index >= 15 is 0 Å². The van der Waals surface area contributed by atoms with E-state index in [1.54, 1.807) is 21.7 Å². The van der Waals surface area contributed by atoms with Crippen molar-refractivity contribution in [2.24, 2.45) is 11.8 Å².